The molecule has 0 saturated carbocycles. The van der Waals surface area contributed by atoms with Gasteiger partial charge >= 0.3 is 0 Å². The highest BCUT2D eigenvalue weighted by Gasteiger charge is 2.08. The number of aromatic nitrogens is 2. The second-order valence-electron chi connectivity index (χ2n) is 4.57. The number of hydrogen-bond acceptors (Lipinski definition) is 2. The second kappa shape index (κ2) is 5.73. The van der Waals surface area contributed by atoms with E-state index in [0.29, 0.717) is 21.5 Å². The number of nitrogens with zero attached hydrogens (tertiary/aromatic N) is 2. The molecule has 21 heavy (non-hydrogen) atoms. The van der Waals surface area contributed by atoms with Crippen molar-refractivity contribution in [3.63, 3.8) is 0 Å². The summed E-state index contributed by atoms with van der Waals surface area (Å²) in [6.07, 6.45) is 1.43. The van der Waals surface area contributed by atoms with Crippen molar-refractivity contribution in [2.75, 3.05) is 0 Å². The Hall–Kier alpha value is -1.47. The Morgan fingerprint density at radius 1 is 1.24 bits per heavy atom. The zero-order valence-electron chi connectivity index (χ0n) is 10.7. The summed E-state index contributed by atoms with van der Waals surface area (Å²) in [5, 5.41) is 0.953. The molecule has 0 fully saturated rings. The minimum absolute atomic E-state index is 0.0969. The van der Waals surface area contributed by atoms with Crippen LogP contribution in [0.3, 0.4) is 0 Å². The monoisotopic (exact) mass is 414 g/mol. The molecule has 0 N–H and O–H groups in total. The van der Waals surface area contributed by atoms with E-state index in [1.807, 2.05) is 6.07 Å². The van der Waals surface area contributed by atoms with Gasteiger partial charge in [-0.05, 0) is 59.0 Å². The van der Waals surface area contributed by atoms with Crippen molar-refractivity contribution >= 4 is 45.1 Å². The minimum atomic E-state index is -0.394. The summed E-state index contributed by atoms with van der Waals surface area (Å²) in [5.74, 6) is -0.394. The summed E-state index contributed by atoms with van der Waals surface area (Å²) in [7, 11) is 0. The SMILES string of the molecule is O=c1c2cc(I)ccc2ncn1Cc1cc(Cl)ccc1F. The molecular weight excluding hydrogens is 406 g/mol. The standard InChI is InChI=1S/C15H9ClFIN2O/c16-10-1-3-13(17)9(5-10)7-20-8-19-14-4-2-11(18)6-12(14)15(20)21/h1-6,8H,7H2. The highest BCUT2D eigenvalue weighted by Crippen LogP contribution is 2.16. The minimum Gasteiger partial charge on any atom is -0.294 e. The lowest BCUT2D eigenvalue weighted by Crippen LogP contribution is -2.21. The molecule has 3 rings (SSSR count). The van der Waals surface area contributed by atoms with Crippen molar-refractivity contribution in [2.24, 2.45) is 0 Å². The molecule has 0 aliphatic heterocycles. The molecule has 106 valence electrons. The van der Waals surface area contributed by atoms with Crippen LogP contribution < -0.4 is 5.56 Å². The predicted molar refractivity (Wildman–Crippen MR) is 89.2 cm³/mol. The van der Waals surface area contributed by atoms with Gasteiger partial charge in [-0.2, -0.15) is 0 Å². The van der Waals surface area contributed by atoms with Gasteiger partial charge in [-0.3, -0.25) is 9.36 Å². The van der Waals surface area contributed by atoms with Gasteiger partial charge in [0.25, 0.3) is 5.56 Å². The quantitative estimate of drug-likeness (QED) is 0.597. The molecule has 3 nitrogen and oxygen atoms in total. The lowest BCUT2D eigenvalue weighted by molar-refractivity contribution is 0.595. The van der Waals surface area contributed by atoms with Crippen LogP contribution in [0.2, 0.25) is 5.02 Å². The van der Waals surface area contributed by atoms with Crippen LogP contribution in [-0.2, 0) is 6.54 Å². The molecule has 3 aromatic rings. The van der Waals surface area contributed by atoms with Gasteiger partial charge in [-0.15, -0.1) is 0 Å². The maximum Gasteiger partial charge on any atom is 0.261 e. The third kappa shape index (κ3) is 2.94. The van der Waals surface area contributed by atoms with Crippen molar-refractivity contribution in [3.8, 4) is 0 Å². The van der Waals surface area contributed by atoms with Crippen molar-refractivity contribution in [2.45, 2.75) is 6.54 Å². The first-order chi connectivity index (χ1) is 10.0. The summed E-state index contributed by atoms with van der Waals surface area (Å²) in [6, 6.07) is 9.74. The molecule has 0 bridgehead atoms. The summed E-state index contributed by atoms with van der Waals surface area (Å²) in [5.41, 5.74) is 0.789. The van der Waals surface area contributed by atoms with Crippen LogP contribution in [0.5, 0.6) is 0 Å². The Morgan fingerprint density at radius 3 is 2.86 bits per heavy atom. The van der Waals surface area contributed by atoms with Crippen LogP contribution in [0, 0.1) is 9.39 Å². The van der Waals surface area contributed by atoms with Crippen LogP contribution in [0.25, 0.3) is 10.9 Å². The number of benzene rings is 2. The number of hydrogen-bond donors (Lipinski definition) is 0. The largest absolute Gasteiger partial charge is 0.294 e. The Balaban J connectivity index is 2.11. The van der Waals surface area contributed by atoms with Crippen LogP contribution >= 0.6 is 34.2 Å². The average molecular weight is 415 g/mol. The Labute approximate surface area is 138 Å². The van der Waals surface area contributed by atoms with Gasteiger partial charge < -0.3 is 0 Å². The second-order valence-corrected chi connectivity index (χ2v) is 6.26. The maximum atomic E-state index is 13.8. The summed E-state index contributed by atoms with van der Waals surface area (Å²) >= 11 is 8.00. The Morgan fingerprint density at radius 2 is 2.05 bits per heavy atom. The zero-order chi connectivity index (χ0) is 15.0. The van der Waals surface area contributed by atoms with E-state index in [4.69, 9.17) is 11.6 Å². The molecule has 0 atom stereocenters. The first kappa shape index (κ1) is 14.5. The lowest BCUT2D eigenvalue weighted by Gasteiger charge is -2.08. The summed E-state index contributed by atoms with van der Waals surface area (Å²) < 4.78 is 16.1. The predicted octanol–water partition coefficient (Wildman–Crippen LogP) is 3.84. The van der Waals surface area contributed by atoms with E-state index in [-0.39, 0.29) is 12.1 Å². The van der Waals surface area contributed by atoms with Crippen molar-refractivity contribution in [1.29, 1.82) is 0 Å². The molecule has 0 radical (unpaired) electrons. The van der Waals surface area contributed by atoms with E-state index in [0.717, 1.165) is 3.57 Å². The number of fused-ring (bicyclic) bond motifs is 1. The van der Waals surface area contributed by atoms with Gasteiger partial charge in [0, 0.05) is 14.2 Å². The first-order valence-electron chi connectivity index (χ1n) is 6.13. The van der Waals surface area contributed by atoms with Crippen LogP contribution in [0.15, 0.2) is 47.5 Å². The highest BCUT2D eigenvalue weighted by molar-refractivity contribution is 14.1. The maximum absolute atomic E-state index is 13.8. The molecule has 0 aliphatic carbocycles. The van der Waals surface area contributed by atoms with E-state index in [2.05, 4.69) is 27.6 Å². The molecule has 0 amide bonds. The number of halogens is 3. The molecule has 0 saturated heterocycles. The van der Waals surface area contributed by atoms with Gasteiger partial charge in [0.2, 0.25) is 0 Å². The third-order valence-corrected chi connectivity index (χ3v) is 4.04. The molecular formula is C15H9ClFIN2O. The van der Waals surface area contributed by atoms with E-state index in [9.17, 15) is 9.18 Å². The van der Waals surface area contributed by atoms with Gasteiger partial charge in [0.1, 0.15) is 5.82 Å². The molecule has 1 heterocycles. The fourth-order valence-electron chi connectivity index (χ4n) is 2.09. The smallest absolute Gasteiger partial charge is 0.261 e. The summed E-state index contributed by atoms with van der Waals surface area (Å²) in [6.45, 7) is 0.0969. The van der Waals surface area contributed by atoms with E-state index < -0.39 is 5.82 Å². The van der Waals surface area contributed by atoms with Crippen LogP contribution in [0.1, 0.15) is 5.56 Å². The van der Waals surface area contributed by atoms with E-state index in [1.165, 1.54) is 29.1 Å². The van der Waals surface area contributed by atoms with E-state index >= 15 is 0 Å². The average Bonchev–Trinajstić information content (AvgIpc) is 2.46. The molecule has 0 unspecified atom stereocenters. The van der Waals surface area contributed by atoms with Crippen LogP contribution in [-0.4, -0.2) is 9.55 Å². The normalized spacial score (nSPS) is 11.0. The number of rotatable bonds is 2. The third-order valence-electron chi connectivity index (χ3n) is 3.13. The lowest BCUT2D eigenvalue weighted by atomic mass is 10.2. The van der Waals surface area contributed by atoms with Crippen molar-refractivity contribution < 1.29 is 4.39 Å². The van der Waals surface area contributed by atoms with Crippen molar-refractivity contribution in [1.82, 2.24) is 9.55 Å². The Bertz CT molecular complexity index is 894. The van der Waals surface area contributed by atoms with Gasteiger partial charge in [-0.25, -0.2) is 9.37 Å². The van der Waals surface area contributed by atoms with Crippen molar-refractivity contribution in [3.05, 3.63) is 73.1 Å². The fraction of sp³-hybridized carbons (Fsp3) is 0.0667. The van der Waals surface area contributed by atoms with Gasteiger partial charge in [-0.1, -0.05) is 11.6 Å². The Kier molecular flexibility index (Phi) is 3.95. The highest BCUT2D eigenvalue weighted by atomic mass is 127. The summed E-state index contributed by atoms with van der Waals surface area (Å²) in [4.78, 5) is 16.7. The molecule has 0 spiro atoms. The zero-order valence-corrected chi connectivity index (χ0v) is 13.6. The van der Waals surface area contributed by atoms with Crippen LogP contribution in [0.4, 0.5) is 4.39 Å². The molecule has 2 aromatic carbocycles. The van der Waals surface area contributed by atoms with Gasteiger partial charge in [0.05, 0.1) is 23.8 Å². The molecule has 6 heteroatoms. The fourth-order valence-corrected chi connectivity index (χ4v) is 2.78. The van der Waals surface area contributed by atoms with Gasteiger partial charge in [0.15, 0.2) is 0 Å². The molecule has 0 aliphatic rings. The van der Waals surface area contributed by atoms with E-state index in [1.54, 1.807) is 12.1 Å². The first-order valence-corrected chi connectivity index (χ1v) is 7.59. The molecule has 1 aromatic heterocycles. The topological polar surface area (TPSA) is 34.9 Å².